The van der Waals surface area contributed by atoms with Crippen LogP contribution < -0.4 is 0 Å². The second-order valence-corrected chi connectivity index (χ2v) is 6.60. The van der Waals surface area contributed by atoms with Crippen LogP contribution in [0.2, 0.25) is 0 Å². The van der Waals surface area contributed by atoms with Gasteiger partial charge in [0.25, 0.3) is 0 Å². The van der Waals surface area contributed by atoms with Crippen LogP contribution in [0.4, 0.5) is 0 Å². The van der Waals surface area contributed by atoms with Crippen molar-refractivity contribution in [1.29, 1.82) is 5.26 Å². The number of sulfone groups is 1. The molecular formula is C9H13NO2S. The third-order valence-corrected chi connectivity index (χ3v) is 6.13. The summed E-state index contributed by atoms with van der Waals surface area (Å²) in [5, 5.41) is 8.61. The molecular weight excluding hydrogens is 186 g/mol. The molecule has 2 aliphatic rings. The van der Waals surface area contributed by atoms with Crippen molar-refractivity contribution in [3.8, 4) is 6.07 Å². The first-order valence-corrected chi connectivity index (χ1v) is 6.32. The van der Waals surface area contributed by atoms with E-state index in [9.17, 15) is 8.42 Å². The fourth-order valence-electron chi connectivity index (χ4n) is 2.09. The summed E-state index contributed by atoms with van der Waals surface area (Å²) in [6.45, 7) is 0. The Kier molecular flexibility index (Phi) is 1.88. The molecule has 2 rings (SSSR count). The monoisotopic (exact) mass is 199 g/mol. The molecule has 0 N–H and O–H groups in total. The minimum Gasteiger partial charge on any atom is -0.227 e. The predicted octanol–water partition coefficient (Wildman–Crippen LogP) is 1.40. The van der Waals surface area contributed by atoms with Crippen molar-refractivity contribution in [3.05, 3.63) is 0 Å². The predicted molar refractivity (Wildman–Crippen MR) is 48.8 cm³/mol. The summed E-state index contributed by atoms with van der Waals surface area (Å²) in [4.78, 5) is 0. The number of rotatable bonds is 2. The van der Waals surface area contributed by atoms with Crippen molar-refractivity contribution in [1.82, 2.24) is 0 Å². The zero-order chi connectivity index (χ0) is 9.53. The van der Waals surface area contributed by atoms with Gasteiger partial charge < -0.3 is 0 Å². The van der Waals surface area contributed by atoms with Gasteiger partial charge in [0, 0.05) is 0 Å². The van der Waals surface area contributed by atoms with Crippen LogP contribution in [-0.2, 0) is 9.84 Å². The van der Waals surface area contributed by atoms with Crippen LogP contribution in [0.1, 0.15) is 38.5 Å². The molecule has 4 heteroatoms. The SMILES string of the molecule is N#CC1(S(=O)(=O)C2CCCC2)CC1. The number of hydrogen-bond acceptors (Lipinski definition) is 3. The summed E-state index contributed by atoms with van der Waals surface area (Å²) < 4.78 is 22.9. The second kappa shape index (κ2) is 2.71. The van der Waals surface area contributed by atoms with Crippen molar-refractivity contribution in [2.75, 3.05) is 0 Å². The van der Waals surface area contributed by atoms with E-state index in [4.69, 9.17) is 5.26 Å². The number of nitrogens with zero attached hydrogens (tertiary/aromatic N) is 1. The van der Waals surface area contributed by atoms with Crippen LogP contribution in [0, 0.1) is 11.3 Å². The molecule has 0 unspecified atom stereocenters. The topological polar surface area (TPSA) is 57.9 Å². The first kappa shape index (κ1) is 9.01. The molecule has 0 atom stereocenters. The fourth-order valence-corrected chi connectivity index (χ4v) is 4.48. The Morgan fingerprint density at radius 1 is 1.23 bits per heavy atom. The third kappa shape index (κ3) is 1.18. The molecule has 2 saturated carbocycles. The normalized spacial score (nSPS) is 27.0. The minimum atomic E-state index is -3.14. The van der Waals surface area contributed by atoms with Gasteiger partial charge in [-0.05, 0) is 25.7 Å². The summed E-state index contributed by atoms with van der Waals surface area (Å²) >= 11 is 0. The van der Waals surface area contributed by atoms with Gasteiger partial charge in [-0.1, -0.05) is 12.8 Å². The third-order valence-electron chi connectivity index (χ3n) is 3.19. The van der Waals surface area contributed by atoms with Crippen molar-refractivity contribution in [2.24, 2.45) is 0 Å². The minimum absolute atomic E-state index is 0.213. The molecule has 0 aliphatic heterocycles. The van der Waals surface area contributed by atoms with Crippen molar-refractivity contribution in [3.63, 3.8) is 0 Å². The largest absolute Gasteiger partial charge is 0.227 e. The molecule has 0 heterocycles. The van der Waals surface area contributed by atoms with Crippen LogP contribution >= 0.6 is 0 Å². The van der Waals surface area contributed by atoms with Crippen LogP contribution in [0.25, 0.3) is 0 Å². The molecule has 13 heavy (non-hydrogen) atoms. The van der Waals surface area contributed by atoms with Crippen molar-refractivity contribution in [2.45, 2.75) is 48.5 Å². The van der Waals surface area contributed by atoms with Crippen molar-refractivity contribution < 1.29 is 8.42 Å². The highest BCUT2D eigenvalue weighted by Crippen LogP contribution is 2.47. The summed E-state index contributed by atoms with van der Waals surface area (Å²) in [5.41, 5.74) is 0. The lowest BCUT2D eigenvalue weighted by atomic mass is 10.4. The first-order valence-electron chi connectivity index (χ1n) is 4.77. The Labute approximate surface area is 78.7 Å². The van der Waals surface area contributed by atoms with Gasteiger partial charge >= 0.3 is 0 Å². The van der Waals surface area contributed by atoms with Gasteiger partial charge in [0.2, 0.25) is 0 Å². The van der Waals surface area contributed by atoms with Crippen LogP contribution in [0.5, 0.6) is 0 Å². The van der Waals surface area contributed by atoms with E-state index >= 15 is 0 Å². The van der Waals surface area contributed by atoms with Gasteiger partial charge in [0.1, 0.15) is 0 Å². The lowest BCUT2D eigenvalue weighted by Crippen LogP contribution is -2.30. The number of hydrogen-bond donors (Lipinski definition) is 0. The molecule has 0 aromatic carbocycles. The van der Waals surface area contributed by atoms with Gasteiger partial charge in [0.15, 0.2) is 14.6 Å². The van der Waals surface area contributed by atoms with E-state index in [0.717, 1.165) is 25.7 Å². The number of nitriles is 1. The van der Waals surface area contributed by atoms with E-state index in [-0.39, 0.29) is 5.25 Å². The molecule has 0 aromatic rings. The molecule has 2 fully saturated rings. The maximum Gasteiger partial charge on any atom is 0.172 e. The standard InChI is InChI=1S/C9H13NO2S/c10-7-9(5-6-9)13(11,12)8-3-1-2-4-8/h8H,1-6H2. The molecule has 0 saturated heterocycles. The molecule has 0 amide bonds. The Balaban J connectivity index is 2.26. The summed E-state index contributed by atoms with van der Waals surface area (Å²) in [5.74, 6) is 0. The molecule has 2 aliphatic carbocycles. The van der Waals surface area contributed by atoms with Crippen LogP contribution in [0.15, 0.2) is 0 Å². The molecule has 0 aromatic heterocycles. The lowest BCUT2D eigenvalue weighted by molar-refractivity contribution is 0.571. The summed E-state index contributed by atoms with van der Waals surface area (Å²) in [7, 11) is -3.14. The molecule has 0 spiro atoms. The van der Waals surface area contributed by atoms with E-state index in [1.165, 1.54) is 0 Å². The highest BCUT2D eigenvalue weighted by molar-refractivity contribution is 7.94. The van der Waals surface area contributed by atoms with Gasteiger partial charge in [0.05, 0.1) is 11.3 Å². The highest BCUT2D eigenvalue weighted by Gasteiger charge is 2.57. The second-order valence-electron chi connectivity index (χ2n) is 4.06. The quantitative estimate of drug-likeness (QED) is 0.675. The van der Waals surface area contributed by atoms with E-state index < -0.39 is 14.6 Å². The van der Waals surface area contributed by atoms with Crippen LogP contribution in [0.3, 0.4) is 0 Å². The Morgan fingerprint density at radius 2 is 1.77 bits per heavy atom. The first-order chi connectivity index (χ1) is 6.12. The molecule has 0 radical (unpaired) electrons. The van der Waals surface area contributed by atoms with Gasteiger partial charge in [-0.25, -0.2) is 8.42 Å². The van der Waals surface area contributed by atoms with E-state index in [1.54, 1.807) is 0 Å². The van der Waals surface area contributed by atoms with Crippen molar-refractivity contribution >= 4 is 9.84 Å². The fraction of sp³-hybridized carbons (Fsp3) is 0.889. The smallest absolute Gasteiger partial charge is 0.172 e. The highest BCUT2D eigenvalue weighted by atomic mass is 32.2. The van der Waals surface area contributed by atoms with Gasteiger partial charge in [-0.3, -0.25) is 0 Å². The van der Waals surface area contributed by atoms with E-state index in [1.807, 2.05) is 6.07 Å². The molecule has 3 nitrogen and oxygen atoms in total. The lowest BCUT2D eigenvalue weighted by Gasteiger charge is -2.14. The maximum atomic E-state index is 11.9. The average Bonchev–Trinajstić information content (AvgIpc) is 2.72. The average molecular weight is 199 g/mol. The van der Waals surface area contributed by atoms with Gasteiger partial charge in [-0.2, -0.15) is 5.26 Å². The molecule has 72 valence electrons. The Bertz CT molecular complexity index is 342. The Hall–Kier alpha value is -0.560. The zero-order valence-electron chi connectivity index (χ0n) is 7.49. The van der Waals surface area contributed by atoms with Crippen LogP contribution in [-0.4, -0.2) is 18.4 Å². The van der Waals surface area contributed by atoms with E-state index in [0.29, 0.717) is 12.8 Å². The van der Waals surface area contributed by atoms with Gasteiger partial charge in [-0.15, -0.1) is 0 Å². The molecule has 0 bridgehead atoms. The summed E-state index contributed by atoms with van der Waals surface area (Å²) in [6, 6.07) is 1.98. The summed E-state index contributed by atoms with van der Waals surface area (Å²) in [6.07, 6.45) is 4.67. The zero-order valence-corrected chi connectivity index (χ0v) is 8.31. The van der Waals surface area contributed by atoms with E-state index in [2.05, 4.69) is 0 Å². The maximum absolute atomic E-state index is 11.9. The Morgan fingerprint density at radius 3 is 2.15 bits per heavy atom.